The summed E-state index contributed by atoms with van der Waals surface area (Å²) in [4.78, 5) is 0. The minimum absolute atomic E-state index is 0.819. The molecule has 0 aromatic carbocycles. The molecule has 17 heavy (non-hydrogen) atoms. The first kappa shape index (κ1) is 17.3. The maximum absolute atomic E-state index is 5.78. The van der Waals surface area contributed by atoms with Gasteiger partial charge in [-0.15, -0.1) is 0 Å². The highest BCUT2D eigenvalue weighted by Crippen LogP contribution is 2.11. The Hall–Kier alpha value is 0.284. The van der Waals surface area contributed by atoms with Gasteiger partial charge in [0, 0.05) is 6.42 Å². The normalized spacial score (nSPS) is 12.9. The molecule has 0 unspecified atom stereocenters. The number of hydrogen-bond acceptors (Lipinski definition) is 3. The first-order chi connectivity index (χ1) is 7.52. The summed E-state index contributed by atoms with van der Waals surface area (Å²) in [5, 5.41) is 0.819. The standard InChI is InChI=1S/C12H29NOSSi2/c1-13(16(2,3)4)11-9-8-10-12(15)14-17(5,6)7/h8-11H2,1-7H3. The molecule has 0 aliphatic carbocycles. The minimum Gasteiger partial charge on any atom is -0.540 e. The molecule has 0 aliphatic heterocycles. The van der Waals surface area contributed by atoms with E-state index in [-0.39, 0.29) is 0 Å². The summed E-state index contributed by atoms with van der Waals surface area (Å²) in [6, 6.07) is 0. The van der Waals surface area contributed by atoms with E-state index in [1.54, 1.807) is 0 Å². The lowest BCUT2D eigenvalue weighted by Gasteiger charge is -2.29. The van der Waals surface area contributed by atoms with Crippen molar-refractivity contribution in [1.82, 2.24) is 4.57 Å². The zero-order chi connectivity index (χ0) is 13.7. The van der Waals surface area contributed by atoms with Crippen LogP contribution in [0.15, 0.2) is 0 Å². The molecule has 0 spiro atoms. The zero-order valence-corrected chi connectivity index (χ0v) is 15.4. The van der Waals surface area contributed by atoms with Gasteiger partial charge in [-0.05, 0) is 58.3 Å². The molecule has 0 aromatic heterocycles. The van der Waals surface area contributed by atoms with Gasteiger partial charge in [-0.2, -0.15) is 0 Å². The van der Waals surface area contributed by atoms with Crippen molar-refractivity contribution in [2.75, 3.05) is 13.6 Å². The monoisotopic (exact) mass is 291 g/mol. The second-order valence-electron chi connectivity index (χ2n) is 6.64. The average molecular weight is 292 g/mol. The molecular weight excluding hydrogens is 262 g/mol. The second-order valence-corrected chi connectivity index (χ2v) is 16.6. The van der Waals surface area contributed by atoms with Gasteiger partial charge >= 0.3 is 0 Å². The molecule has 0 saturated carbocycles. The summed E-state index contributed by atoms with van der Waals surface area (Å²) >= 11 is 5.26. The maximum atomic E-state index is 5.78. The second kappa shape index (κ2) is 7.02. The largest absolute Gasteiger partial charge is 0.540 e. The summed E-state index contributed by atoms with van der Waals surface area (Å²) < 4.78 is 8.30. The Morgan fingerprint density at radius 3 is 2.00 bits per heavy atom. The van der Waals surface area contributed by atoms with Crippen molar-refractivity contribution in [2.24, 2.45) is 0 Å². The van der Waals surface area contributed by atoms with Crippen LogP contribution in [0, 0.1) is 0 Å². The highest BCUT2D eigenvalue weighted by atomic mass is 32.1. The molecule has 0 bridgehead atoms. The molecule has 2 nitrogen and oxygen atoms in total. The predicted molar refractivity (Wildman–Crippen MR) is 86.9 cm³/mol. The maximum Gasteiger partial charge on any atom is 0.242 e. The average Bonchev–Trinajstić information content (AvgIpc) is 2.07. The Labute approximate surface area is 115 Å². The van der Waals surface area contributed by atoms with E-state index in [1.165, 1.54) is 13.0 Å². The zero-order valence-electron chi connectivity index (χ0n) is 12.6. The van der Waals surface area contributed by atoms with Crippen molar-refractivity contribution in [3.05, 3.63) is 0 Å². The fraction of sp³-hybridized carbons (Fsp3) is 0.917. The Bertz CT molecular complexity index is 246. The molecule has 0 radical (unpaired) electrons. The Morgan fingerprint density at radius 2 is 1.59 bits per heavy atom. The minimum atomic E-state index is -1.48. The van der Waals surface area contributed by atoms with E-state index in [0.29, 0.717) is 0 Å². The van der Waals surface area contributed by atoms with Crippen LogP contribution in [0.25, 0.3) is 0 Å². The highest BCUT2D eigenvalue weighted by Gasteiger charge is 2.19. The van der Waals surface area contributed by atoms with Crippen molar-refractivity contribution < 1.29 is 4.43 Å². The predicted octanol–water partition coefficient (Wildman–Crippen LogP) is 4.10. The van der Waals surface area contributed by atoms with Gasteiger partial charge in [0.2, 0.25) is 8.32 Å². The van der Waals surface area contributed by atoms with E-state index in [9.17, 15) is 0 Å². The van der Waals surface area contributed by atoms with Crippen LogP contribution < -0.4 is 0 Å². The first-order valence-corrected chi connectivity index (χ1v) is 13.7. The van der Waals surface area contributed by atoms with Crippen molar-refractivity contribution in [1.29, 1.82) is 0 Å². The molecule has 102 valence electrons. The quantitative estimate of drug-likeness (QED) is 0.398. The lowest BCUT2D eigenvalue weighted by Crippen LogP contribution is -2.43. The Kier molecular flexibility index (Phi) is 7.13. The third kappa shape index (κ3) is 9.94. The van der Waals surface area contributed by atoms with Crippen LogP contribution in [0.1, 0.15) is 19.3 Å². The molecule has 0 heterocycles. The molecule has 0 fully saturated rings. The molecule has 5 heteroatoms. The summed E-state index contributed by atoms with van der Waals surface area (Å²) in [5.41, 5.74) is 0. The highest BCUT2D eigenvalue weighted by molar-refractivity contribution is 7.80. The van der Waals surface area contributed by atoms with Crippen LogP contribution in [-0.4, -0.2) is 39.8 Å². The molecule has 0 aromatic rings. The van der Waals surface area contributed by atoms with E-state index in [4.69, 9.17) is 16.6 Å². The van der Waals surface area contributed by atoms with Crippen LogP contribution in [0.5, 0.6) is 0 Å². The molecule has 0 aliphatic rings. The van der Waals surface area contributed by atoms with Gasteiger partial charge in [0.05, 0.1) is 0 Å². The van der Waals surface area contributed by atoms with Crippen LogP contribution in [0.3, 0.4) is 0 Å². The number of nitrogens with zero attached hydrogens (tertiary/aromatic N) is 1. The number of thiocarbonyl (C=S) groups is 1. The molecular formula is C12H29NOSSi2. The SMILES string of the molecule is CN(CCCCC(=S)O[Si](C)(C)C)[Si](C)(C)C. The number of hydrogen-bond donors (Lipinski definition) is 0. The van der Waals surface area contributed by atoms with Gasteiger partial charge in [0.15, 0.2) is 0 Å². The smallest absolute Gasteiger partial charge is 0.242 e. The van der Waals surface area contributed by atoms with Crippen molar-refractivity contribution >= 4 is 33.8 Å². The van der Waals surface area contributed by atoms with Crippen LogP contribution in [0.2, 0.25) is 39.3 Å². The van der Waals surface area contributed by atoms with Crippen LogP contribution in [-0.2, 0) is 4.43 Å². The fourth-order valence-corrected chi connectivity index (χ4v) is 3.85. The van der Waals surface area contributed by atoms with E-state index in [1.807, 2.05) is 0 Å². The van der Waals surface area contributed by atoms with Crippen LogP contribution in [0.4, 0.5) is 0 Å². The van der Waals surface area contributed by atoms with Crippen molar-refractivity contribution in [2.45, 2.75) is 58.5 Å². The van der Waals surface area contributed by atoms with E-state index in [0.717, 1.165) is 17.9 Å². The molecule has 0 rings (SSSR count). The van der Waals surface area contributed by atoms with E-state index >= 15 is 0 Å². The first-order valence-electron chi connectivity index (χ1n) is 6.45. The molecule has 0 saturated heterocycles. The third-order valence-corrected chi connectivity index (χ3v) is 6.50. The third-order valence-electron chi connectivity index (χ3n) is 2.69. The fourth-order valence-electron chi connectivity index (χ4n) is 1.35. The van der Waals surface area contributed by atoms with Gasteiger partial charge in [-0.25, -0.2) is 0 Å². The Morgan fingerprint density at radius 1 is 1.06 bits per heavy atom. The summed E-state index contributed by atoms with van der Waals surface area (Å²) in [6.07, 6.45) is 3.31. The van der Waals surface area contributed by atoms with Gasteiger partial charge in [-0.1, -0.05) is 19.6 Å². The number of unbranched alkanes of at least 4 members (excludes halogenated alkanes) is 1. The van der Waals surface area contributed by atoms with Gasteiger partial charge in [0.1, 0.15) is 13.3 Å². The lowest BCUT2D eigenvalue weighted by atomic mass is 10.2. The summed E-state index contributed by atoms with van der Waals surface area (Å²) in [5.74, 6) is 0. The van der Waals surface area contributed by atoms with Crippen LogP contribution >= 0.6 is 12.2 Å². The van der Waals surface area contributed by atoms with Crippen molar-refractivity contribution in [3.63, 3.8) is 0 Å². The van der Waals surface area contributed by atoms with Gasteiger partial charge < -0.3 is 8.99 Å². The van der Waals surface area contributed by atoms with Gasteiger partial charge in [0.25, 0.3) is 0 Å². The molecule has 0 N–H and O–H groups in total. The summed E-state index contributed by atoms with van der Waals surface area (Å²) in [6.45, 7) is 14.9. The van der Waals surface area contributed by atoms with Gasteiger partial charge in [-0.3, -0.25) is 0 Å². The van der Waals surface area contributed by atoms with E-state index in [2.05, 4.69) is 50.9 Å². The molecule has 0 atom stereocenters. The lowest BCUT2D eigenvalue weighted by molar-refractivity contribution is 0.476. The Balaban J connectivity index is 3.69. The van der Waals surface area contributed by atoms with Crippen molar-refractivity contribution in [3.8, 4) is 0 Å². The van der Waals surface area contributed by atoms with E-state index < -0.39 is 16.6 Å². The topological polar surface area (TPSA) is 12.5 Å². The summed E-state index contributed by atoms with van der Waals surface area (Å²) in [7, 11) is -0.338. The number of rotatable bonds is 7. The molecule has 0 amide bonds.